The topological polar surface area (TPSA) is 24.9 Å². The summed E-state index contributed by atoms with van der Waals surface area (Å²) in [6.45, 7) is 0. The molecule has 3 aromatic rings. The van der Waals surface area contributed by atoms with E-state index in [2.05, 4.69) is 51.4 Å². The smallest absolute Gasteiger partial charge is 0.0705 e. The Balaban J connectivity index is 2.01. The molecule has 1 unspecified atom stereocenters. The van der Waals surface area contributed by atoms with E-state index in [9.17, 15) is 0 Å². The maximum absolute atomic E-state index is 4.43. The fraction of sp³-hybridized carbons (Fsp3) is 0.188. The summed E-state index contributed by atoms with van der Waals surface area (Å²) < 4.78 is 0. The van der Waals surface area contributed by atoms with Crippen LogP contribution in [0.5, 0.6) is 0 Å². The largest absolute Gasteiger partial charge is 0.313 e. The Morgan fingerprint density at radius 1 is 1.21 bits per heavy atom. The molecule has 0 saturated carbocycles. The first-order valence-corrected chi connectivity index (χ1v) is 7.35. The van der Waals surface area contributed by atoms with E-state index in [0.717, 1.165) is 11.9 Å². The number of nitrogens with zero attached hydrogens (tertiary/aromatic N) is 1. The lowest BCUT2D eigenvalue weighted by atomic mass is 9.97. The van der Waals surface area contributed by atoms with Crippen molar-refractivity contribution in [2.75, 3.05) is 7.05 Å². The molecule has 2 aromatic heterocycles. The fourth-order valence-electron chi connectivity index (χ4n) is 2.44. The number of benzene rings is 1. The lowest BCUT2D eigenvalue weighted by molar-refractivity contribution is 0.597. The van der Waals surface area contributed by atoms with Crippen LogP contribution in [0.15, 0.2) is 53.4 Å². The molecule has 0 aliphatic carbocycles. The third-order valence-electron chi connectivity index (χ3n) is 3.42. The predicted molar refractivity (Wildman–Crippen MR) is 81.6 cm³/mol. The minimum absolute atomic E-state index is 0.322. The molecule has 1 aromatic carbocycles. The number of likely N-dealkylation sites (N-methyl/N-ethyl adjacent to an activating group) is 1. The fourth-order valence-corrected chi connectivity index (χ4v) is 3.12. The standard InChI is InChI=1S/C16H16N2S/c1-17-16(10-12-7-9-19-11-12)14-4-2-6-15-13(14)5-3-8-18-15/h2-9,11,16-17H,10H2,1H3. The molecule has 0 spiro atoms. The van der Waals surface area contributed by atoms with E-state index in [1.54, 1.807) is 11.3 Å². The Kier molecular flexibility index (Phi) is 3.58. The Hall–Kier alpha value is -1.71. The van der Waals surface area contributed by atoms with Crippen LogP contribution in [0.4, 0.5) is 0 Å². The van der Waals surface area contributed by atoms with Gasteiger partial charge in [-0.05, 0) is 53.6 Å². The lowest BCUT2D eigenvalue weighted by Gasteiger charge is -2.18. The van der Waals surface area contributed by atoms with Gasteiger partial charge in [0.1, 0.15) is 0 Å². The summed E-state index contributed by atoms with van der Waals surface area (Å²) in [4.78, 5) is 4.43. The summed E-state index contributed by atoms with van der Waals surface area (Å²) in [5.41, 5.74) is 3.76. The van der Waals surface area contributed by atoms with E-state index in [4.69, 9.17) is 0 Å². The van der Waals surface area contributed by atoms with Crippen molar-refractivity contribution in [1.82, 2.24) is 10.3 Å². The Bertz CT molecular complexity index is 656. The molecule has 1 atom stereocenters. The van der Waals surface area contributed by atoms with Gasteiger partial charge in [-0.3, -0.25) is 4.98 Å². The third-order valence-corrected chi connectivity index (χ3v) is 4.16. The molecule has 3 rings (SSSR count). The summed E-state index contributed by atoms with van der Waals surface area (Å²) in [6.07, 6.45) is 2.85. The molecule has 0 aliphatic heterocycles. The van der Waals surface area contributed by atoms with E-state index in [1.165, 1.54) is 16.5 Å². The highest BCUT2D eigenvalue weighted by molar-refractivity contribution is 7.07. The Labute approximate surface area is 117 Å². The van der Waals surface area contributed by atoms with Crippen LogP contribution in [0.2, 0.25) is 0 Å². The van der Waals surface area contributed by atoms with Gasteiger partial charge in [0.2, 0.25) is 0 Å². The zero-order valence-corrected chi connectivity index (χ0v) is 11.7. The molecule has 1 N–H and O–H groups in total. The molecule has 2 nitrogen and oxygen atoms in total. The van der Waals surface area contributed by atoms with Crippen molar-refractivity contribution < 1.29 is 0 Å². The maximum atomic E-state index is 4.43. The lowest BCUT2D eigenvalue weighted by Crippen LogP contribution is -2.19. The summed E-state index contributed by atoms with van der Waals surface area (Å²) >= 11 is 1.75. The first-order chi connectivity index (χ1) is 9.38. The molecular formula is C16H16N2S. The van der Waals surface area contributed by atoms with Gasteiger partial charge in [-0.2, -0.15) is 11.3 Å². The van der Waals surface area contributed by atoms with Crippen molar-refractivity contribution in [2.45, 2.75) is 12.5 Å². The number of fused-ring (bicyclic) bond motifs is 1. The molecule has 0 fully saturated rings. The van der Waals surface area contributed by atoms with Gasteiger partial charge in [-0.25, -0.2) is 0 Å². The Morgan fingerprint density at radius 2 is 2.16 bits per heavy atom. The third kappa shape index (κ3) is 2.53. The second kappa shape index (κ2) is 5.51. The van der Waals surface area contributed by atoms with Crippen LogP contribution in [0.25, 0.3) is 10.9 Å². The molecule has 3 heteroatoms. The number of rotatable bonds is 4. The summed E-state index contributed by atoms with van der Waals surface area (Å²) in [5, 5.41) is 9.01. The van der Waals surface area contributed by atoms with Crippen LogP contribution in [0.1, 0.15) is 17.2 Å². The second-order valence-corrected chi connectivity index (χ2v) is 5.37. The highest BCUT2D eigenvalue weighted by atomic mass is 32.1. The number of hydrogen-bond donors (Lipinski definition) is 1. The van der Waals surface area contributed by atoms with Crippen molar-refractivity contribution in [2.24, 2.45) is 0 Å². The highest BCUT2D eigenvalue weighted by Crippen LogP contribution is 2.26. The Morgan fingerprint density at radius 3 is 2.95 bits per heavy atom. The zero-order chi connectivity index (χ0) is 13.1. The van der Waals surface area contributed by atoms with Gasteiger partial charge >= 0.3 is 0 Å². The van der Waals surface area contributed by atoms with Crippen LogP contribution in [-0.4, -0.2) is 12.0 Å². The van der Waals surface area contributed by atoms with Crippen molar-refractivity contribution >= 4 is 22.2 Å². The number of pyridine rings is 1. The normalized spacial score (nSPS) is 12.7. The number of hydrogen-bond acceptors (Lipinski definition) is 3. The molecule has 0 amide bonds. The van der Waals surface area contributed by atoms with Crippen molar-refractivity contribution in [3.05, 3.63) is 64.5 Å². The van der Waals surface area contributed by atoms with Crippen LogP contribution in [0, 0.1) is 0 Å². The average molecular weight is 268 g/mol. The molecule has 2 heterocycles. The van der Waals surface area contributed by atoms with Crippen molar-refractivity contribution in [3.8, 4) is 0 Å². The quantitative estimate of drug-likeness (QED) is 0.778. The van der Waals surface area contributed by atoms with Crippen molar-refractivity contribution in [3.63, 3.8) is 0 Å². The monoisotopic (exact) mass is 268 g/mol. The van der Waals surface area contributed by atoms with E-state index in [-0.39, 0.29) is 0 Å². The van der Waals surface area contributed by atoms with Crippen LogP contribution < -0.4 is 5.32 Å². The SMILES string of the molecule is CNC(Cc1ccsc1)c1cccc2ncccc12. The molecule has 96 valence electrons. The number of thiophene rings is 1. The minimum atomic E-state index is 0.322. The van der Waals surface area contributed by atoms with Crippen molar-refractivity contribution in [1.29, 1.82) is 0 Å². The van der Waals surface area contributed by atoms with E-state index in [0.29, 0.717) is 6.04 Å². The van der Waals surface area contributed by atoms with Crippen LogP contribution >= 0.6 is 11.3 Å². The maximum Gasteiger partial charge on any atom is 0.0705 e. The van der Waals surface area contributed by atoms with Gasteiger partial charge in [-0.1, -0.05) is 18.2 Å². The highest BCUT2D eigenvalue weighted by Gasteiger charge is 2.13. The number of aromatic nitrogens is 1. The minimum Gasteiger partial charge on any atom is -0.313 e. The van der Waals surface area contributed by atoms with Gasteiger partial charge in [0.05, 0.1) is 5.52 Å². The molecule has 0 bridgehead atoms. The number of nitrogens with one attached hydrogen (secondary N) is 1. The average Bonchev–Trinajstić information content (AvgIpc) is 2.97. The van der Waals surface area contributed by atoms with Gasteiger partial charge in [0, 0.05) is 17.6 Å². The summed E-state index contributed by atoms with van der Waals surface area (Å²) in [5.74, 6) is 0. The van der Waals surface area contributed by atoms with Gasteiger partial charge in [0.15, 0.2) is 0 Å². The zero-order valence-electron chi connectivity index (χ0n) is 10.8. The molecule has 19 heavy (non-hydrogen) atoms. The van der Waals surface area contributed by atoms with Crippen LogP contribution in [0.3, 0.4) is 0 Å². The predicted octanol–water partition coefficient (Wildman–Crippen LogP) is 3.80. The summed E-state index contributed by atoms with van der Waals surface area (Å²) in [7, 11) is 2.02. The molecule has 0 saturated heterocycles. The molecule has 0 radical (unpaired) electrons. The first-order valence-electron chi connectivity index (χ1n) is 6.40. The van der Waals surface area contributed by atoms with E-state index < -0.39 is 0 Å². The first kappa shape index (κ1) is 12.3. The van der Waals surface area contributed by atoms with Gasteiger partial charge in [0.25, 0.3) is 0 Å². The van der Waals surface area contributed by atoms with E-state index in [1.807, 2.05) is 19.3 Å². The molecule has 0 aliphatic rings. The van der Waals surface area contributed by atoms with Crippen LogP contribution in [-0.2, 0) is 6.42 Å². The van der Waals surface area contributed by atoms with Gasteiger partial charge < -0.3 is 5.32 Å². The summed E-state index contributed by atoms with van der Waals surface area (Å²) in [6, 6.07) is 13.0. The molecular weight excluding hydrogens is 252 g/mol. The van der Waals surface area contributed by atoms with E-state index >= 15 is 0 Å². The van der Waals surface area contributed by atoms with Gasteiger partial charge in [-0.15, -0.1) is 0 Å². The second-order valence-electron chi connectivity index (χ2n) is 4.59.